The first-order valence-corrected chi connectivity index (χ1v) is 11.0. The minimum Gasteiger partial charge on any atom is -0.480 e. The number of ether oxygens (including phenoxy) is 1. The van der Waals surface area contributed by atoms with Crippen molar-refractivity contribution < 1.29 is 9.53 Å². The highest BCUT2D eigenvalue weighted by Crippen LogP contribution is 2.37. The van der Waals surface area contributed by atoms with E-state index in [2.05, 4.69) is 22.1 Å². The summed E-state index contributed by atoms with van der Waals surface area (Å²) in [5, 5.41) is 5.18. The lowest BCUT2D eigenvalue weighted by Crippen LogP contribution is -2.62. The number of nitrogens with one attached hydrogen (secondary N) is 1. The van der Waals surface area contributed by atoms with Crippen LogP contribution in [0, 0.1) is 5.92 Å². The van der Waals surface area contributed by atoms with Gasteiger partial charge in [-0.25, -0.2) is 0 Å². The van der Waals surface area contributed by atoms with Crippen LogP contribution in [0.5, 0.6) is 5.88 Å². The van der Waals surface area contributed by atoms with Crippen LogP contribution in [-0.2, 0) is 0 Å². The number of thiophene rings is 1. The van der Waals surface area contributed by atoms with E-state index in [1.54, 1.807) is 30.2 Å². The van der Waals surface area contributed by atoms with Crippen LogP contribution in [0.1, 0.15) is 29.4 Å². The monoisotopic (exact) mass is 395 g/mol. The molecule has 134 valence electrons. The van der Waals surface area contributed by atoms with Gasteiger partial charge in [0.05, 0.1) is 21.6 Å². The lowest BCUT2D eigenvalue weighted by Gasteiger charge is -2.49. The summed E-state index contributed by atoms with van der Waals surface area (Å²) in [4.78, 5) is 20.3. The van der Waals surface area contributed by atoms with Crippen molar-refractivity contribution in [2.45, 2.75) is 40.4 Å². The number of fused-ring (bicyclic) bond motifs is 3. The molecule has 3 aliphatic heterocycles. The minimum atomic E-state index is 0.0548. The summed E-state index contributed by atoms with van der Waals surface area (Å²) in [6.45, 7) is 4.59. The van der Waals surface area contributed by atoms with Crippen LogP contribution >= 0.6 is 34.4 Å². The van der Waals surface area contributed by atoms with Crippen molar-refractivity contribution in [2.75, 3.05) is 20.2 Å². The van der Waals surface area contributed by atoms with Gasteiger partial charge in [0.1, 0.15) is 0 Å². The largest absolute Gasteiger partial charge is 0.480 e. The summed E-state index contributed by atoms with van der Waals surface area (Å²) >= 11 is 4.66. The number of piperidine rings is 3. The molecule has 2 aromatic heterocycles. The third-order valence-corrected chi connectivity index (χ3v) is 8.27. The number of nitrogens with zero attached hydrogens (tertiary/aromatic N) is 2. The standard InChI is InChI=1S/C17H21N3O2S3/c1-10-15(11-5-7-20(10)8-6-11)19-16(21)12-3-4-14(24-12)25-17-18-13(22-2)9-23-17/h3-4,9-11,15H,5-8H2,1-2H3,(H,19,21). The van der Waals surface area contributed by atoms with Crippen molar-refractivity contribution in [3.8, 4) is 5.88 Å². The van der Waals surface area contributed by atoms with Crippen LogP contribution in [0.15, 0.2) is 26.1 Å². The van der Waals surface area contributed by atoms with Gasteiger partial charge in [0.2, 0.25) is 5.88 Å². The summed E-state index contributed by atoms with van der Waals surface area (Å²) in [5.41, 5.74) is 0. The van der Waals surface area contributed by atoms with Crippen LogP contribution in [-0.4, -0.2) is 48.1 Å². The topological polar surface area (TPSA) is 54.5 Å². The maximum atomic E-state index is 12.7. The Hall–Kier alpha value is -1.09. The molecule has 2 bridgehead atoms. The number of rotatable bonds is 5. The lowest BCUT2D eigenvalue weighted by molar-refractivity contribution is 0.0218. The normalized spacial score (nSPS) is 28.1. The van der Waals surface area contributed by atoms with E-state index in [4.69, 9.17) is 4.74 Å². The van der Waals surface area contributed by atoms with Gasteiger partial charge < -0.3 is 10.1 Å². The van der Waals surface area contributed by atoms with Crippen LogP contribution in [0.4, 0.5) is 0 Å². The SMILES string of the molecule is COc1csc(Sc2ccc(C(=O)NC3C4CCN(CC4)C3C)s2)n1. The van der Waals surface area contributed by atoms with Gasteiger partial charge in [-0.1, -0.05) is 0 Å². The maximum Gasteiger partial charge on any atom is 0.261 e. The molecule has 0 radical (unpaired) electrons. The third-order valence-electron chi connectivity index (χ3n) is 5.14. The Morgan fingerprint density at radius 1 is 1.40 bits per heavy atom. The summed E-state index contributed by atoms with van der Waals surface area (Å²) in [6.07, 6.45) is 2.40. The predicted octanol–water partition coefficient (Wildman–Crippen LogP) is 3.58. The number of amides is 1. The Balaban J connectivity index is 1.40. The average Bonchev–Trinajstić information content (AvgIpc) is 3.28. The highest BCUT2D eigenvalue weighted by molar-refractivity contribution is 8.02. The fraction of sp³-hybridized carbons (Fsp3) is 0.529. The lowest BCUT2D eigenvalue weighted by atomic mass is 9.79. The van der Waals surface area contributed by atoms with Gasteiger partial charge in [0.15, 0.2) is 4.34 Å². The zero-order chi connectivity index (χ0) is 17.4. The average molecular weight is 396 g/mol. The van der Waals surface area contributed by atoms with Gasteiger partial charge in [-0.3, -0.25) is 9.69 Å². The molecule has 5 rings (SSSR count). The van der Waals surface area contributed by atoms with Gasteiger partial charge in [0, 0.05) is 12.1 Å². The molecule has 8 heteroatoms. The first-order valence-electron chi connectivity index (χ1n) is 8.46. The fourth-order valence-corrected chi connectivity index (χ4v) is 6.75. The molecule has 3 saturated heterocycles. The second kappa shape index (κ2) is 7.26. The van der Waals surface area contributed by atoms with Crippen LogP contribution in [0.25, 0.3) is 0 Å². The van der Waals surface area contributed by atoms with E-state index < -0.39 is 0 Å². The third kappa shape index (κ3) is 3.58. The Morgan fingerprint density at radius 3 is 2.88 bits per heavy atom. The highest BCUT2D eigenvalue weighted by Gasteiger charge is 2.40. The van der Waals surface area contributed by atoms with Crippen molar-refractivity contribution in [3.63, 3.8) is 0 Å². The number of carbonyl (C=O) groups is 1. The quantitative estimate of drug-likeness (QED) is 0.839. The van der Waals surface area contributed by atoms with Crippen molar-refractivity contribution in [1.82, 2.24) is 15.2 Å². The van der Waals surface area contributed by atoms with Crippen molar-refractivity contribution in [3.05, 3.63) is 22.4 Å². The number of aromatic nitrogens is 1. The van der Waals surface area contributed by atoms with E-state index >= 15 is 0 Å². The zero-order valence-electron chi connectivity index (χ0n) is 14.2. The summed E-state index contributed by atoms with van der Waals surface area (Å²) < 4.78 is 7.12. The Labute approximate surface area is 159 Å². The molecule has 0 spiro atoms. The number of hydrogen-bond acceptors (Lipinski definition) is 7. The molecule has 2 aromatic rings. The number of hydrogen-bond donors (Lipinski definition) is 1. The molecule has 3 fully saturated rings. The summed E-state index contributed by atoms with van der Waals surface area (Å²) in [5.74, 6) is 1.32. The second-order valence-corrected chi connectivity index (χ2v) is 9.98. The Morgan fingerprint density at radius 2 is 2.20 bits per heavy atom. The fourth-order valence-electron chi connectivity index (χ4n) is 3.73. The number of methoxy groups -OCH3 is 1. The molecule has 0 saturated carbocycles. The van der Waals surface area contributed by atoms with Crippen molar-refractivity contribution in [2.24, 2.45) is 5.92 Å². The molecule has 25 heavy (non-hydrogen) atoms. The van der Waals surface area contributed by atoms with E-state index in [-0.39, 0.29) is 11.9 Å². The zero-order valence-corrected chi connectivity index (χ0v) is 16.7. The van der Waals surface area contributed by atoms with Crippen molar-refractivity contribution >= 4 is 40.3 Å². The molecule has 0 aromatic carbocycles. The van der Waals surface area contributed by atoms with Gasteiger partial charge in [0.25, 0.3) is 5.91 Å². The molecule has 5 heterocycles. The molecule has 0 aliphatic carbocycles. The van der Waals surface area contributed by atoms with Gasteiger partial charge in [-0.05, 0) is 62.7 Å². The molecular formula is C17H21N3O2S3. The summed E-state index contributed by atoms with van der Waals surface area (Å²) in [7, 11) is 1.62. The van der Waals surface area contributed by atoms with Crippen LogP contribution in [0.2, 0.25) is 0 Å². The van der Waals surface area contributed by atoms with Crippen LogP contribution in [0.3, 0.4) is 0 Å². The highest BCUT2D eigenvalue weighted by atomic mass is 32.2. The smallest absolute Gasteiger partial charge is 0.261 e. The Kier molecular flexibility index (Phi) is 5.04. The van der Waals surface area contributed by atoms with Crippen molar-refractivity contribution in [1.29, 1.82) is 0 Å². The van der Waals surface area contributed by atoms with Gasteiger partial charge in [-0.2, -0.15) is 4.98 Å². The molecule has 5 nitrogen and oxygen atoms in total. The first-order chi connectivity index (χ1) is 12.1. The molecular weight excluding hydrogens is 374 g/mol. The number of carbonyl (C=O) groups excluding carboxylic acids is 1. The Bertz CT molecular complexity index is 750. The van der Waals surface area contributed by atoms with E-state index in [0.717, 1.165) is 13.4 Å². The van der Waals surface area contributed by atoms with E-state index in [1.165, 1.54) is 37.3 Å². The molecule has 1 N–H and O–H groups in total. The predicted molar refractivity (Wildman–Crippen MR) is 102 cm³/mol. The molecule has 2 atom stereocenters. The minimum absolute atomic E-state index is 0.0548. The molecule has 2 unspecified atom stereocenters. The van der Waals surface area contributed by atoms with E-state index in [1.807, 2.05) is 17.5 Å². The number of thiazole rings is 1. The maximum absolute atomic E-state index is 12.7. The first kappa shape index (κ1) is 17.3. The van der Waals surface area contributed by atoms with E-state index in [9.17, 15) is 4.79 Å². The van der Waals surface area contributed by atoms with E-state index in [0.29, 0.717) is 17.8 Å². The van der Waals surface area contributed by atoms with Gasteiger partial charge in [-0.15, -0.1) is 22.7 Å². The second-order valence-electron chi connectivity index (χ2n) is 6.49. The summed E-state index contributed by atoms with van der Waals surface area (Å²) in [6, 6.07) is 4.63. The molecule has 1 amide bonds. The molecule has 3 aliphatic rings. The van der Waals surface area contributed by atoms with Crippen LogP contribution < -0.4 is 10.1 Å². The van der Waals surface area contributed by atoms with Gasteiger partial charge >= 0.3 is 0 Å².